The van der Waals surface area contributed by atoms with Crippen LogP contribution in [0.1, 0.15) is 56.6 Å². The van der Waals surface area contributed by atoms with E-state index in [9.17, 15) is 14.4 Å². The molecule has 1 aliphatic rings. The Morgan fingerprint density at radius 2 is 1.74 bits per heavy atom. The molecule has 0 aliphatic heterocycles. The second-order valence-corrected chi connectivity index (χ2v) is 11.1. The van der Waals surface area contributed by atoms with Crippen molar-refractivity contribution < 1.29 is 54.7 Å². The summed E-state index contributed by atoms with van der Waals surface area (Å²) in [6, 6.07) is 13.9. The number of nitrogens with one attached hydrogen (secondary N) is 2. The quantitative estimate of drug-likeness (QED) is 0.0813. The predicted octanol–water partition coefficient (Wildman–Crippen LogP) is 3.15. The summed E-state index contributed by atoms with van der Waals surface area (Å²) >= 11 is 0. The molecule has 1 radical (unpaired) electrons. The molecule has 0 aromatic heterocycles. The summed E-state index contributed by atoms with van der Waals surface area (Å²) in [6.07, 6.45) is 7.45. The third kappa shape index (κ3) is 10.5. The molecule has 3 rings (SSSR count). The minimum absolute atomic E-state index is 0. The van der Waals surface area contributed by atoms with Crippen LogP contribution in [-0.2, 0) is 21.0 Å². The molecule has 1 atom stereocenters. The third-order valence-corrected chi connectivity index (χ3v) is 7.45. The minimum Gasteiger partial charge on any atom is -0.541 e. The maximum absolute atomic E-state index is 13.2. The van der Waals surface area contributed by atoms with Crippen LogP contribution in [0.2, 0.25) is 0 Å². The summed E-state index contributed by atoms with van der Waals surface area (Å²) in [5, 5.41) is 5.73. The topological polar surface area (TPSA) is 166 Å². The van der Waals surface area contributed by atoms with Crippen LogP contribution >= 0.6 is 0 Å². The van der Waals surface area contributed by atoms with Gasteiger partial charge in [0.2, 0.25) is 5.91 Å². The van der Waals surface area contributed by atoms with Gasteiger partial charge < -0.3 is 42.3 Å². The van der Waals surface area contributed by atoms with Crippen LogP contribution in [0, 0.1) is 41.0 Å². The number of hydrogen-bond acceptors (Lipinski definition) is 8. The van der Waals surface area contributed by atoms with Crippen molar-refractivity contribution in [2.45, 2.75) is 58.1 Å². The summed E-state index contributed by atoms with van der Waals surface area (Å²) in [5.74, 6) is 0.0636. The summed E-state index contributed by atoms with van der Waals surface area (Å²) in [6.45, 7) is 2.94. The Kier molecular flexibility index (Phi) is 14.5. The first-order chi connectivity index (χ1) is 20.0. The molecule has 1 unspecified atom stereocenters. The standard InChI is InChI=1S/C32H43N6O4.La/c1-22(29(34)35)19-26(33)25-9-4-5-11-28(25)42-20-23-12-14-24(15-13-23)36-30(40)27(10-6-7-18-38(2)3)37-31(41)32(21-39)16-8-17-32;/h4-5,9,11-15,19,27H,6-8,10,16-18,20,33-35H2,1-3H3,(H,36,40)(H,37,41);/q-1;/b26-19-;. The van der Waals surface area contributed by atoms with E-state index in [0.717, 1.165) is 36.9 Å². The second-order valence-electron chi connectivity index (χ2n) is 11.1. The predicted molar refractivity (Wildman–Crippen MR) is 165 cm³/mol. The zero-order chi connectivity index (χ0) is 30.7. The summed E-state index contributed by atoms with van der Waals surface area (Å²) in [5.41, 5.74) is 19.8. The SMILES string of the molecule is CC(/C=C(\N)c1ccccc1OCc1ccc(NC(=O)C(CCCCN(C)C)NC(=O)C2([C-]=O)CCC2)cc1)=C(N)N.[La]. The number of carbonyl (C=O) groups excluding carboxylic acids is 3. The number of anilines is 1. The molecule has 0 heterocycles. The molecular weight excluding hydrogens is 671 g/mol. The number of ether oxygens (including phenoxy) is 1. The maximum Gasteiger partial charge on any atom is 0.246 e. The van der Waals surface area contributed by atoms with Gasteiger partial charge in [0.05, 0.1) is 5.82 Å². The number of rotatable bonds is 15. The van der Waals surface area contributed by atoms with E-state index in [2.05, 4.69) is 15.5 Å². The molecular formula is C32H43LaN6O4-. The smallest absolute Gasteiger partial charge is 0.246 e. The zero-order valence-corrected chi connectivity index (χ0v) is 28.9. The summed E-state index contributed by atoms with van der Waals surface area (Å²) in [7, 11) is 3.98. The van der Waals surface area contributed by atoms with Crippen LogP contribution in [0.3, 0.4) is 0 Å². The van der Waals surface area contributed by atoms with Gasteiger partial charge in [-0.2, -0.15) is 0 Å². The van der Waals surface area contributed by atoms with Crippen molar-refractivity contribution >= 4 is 29.5 Å². The van der Waals surface area contributed by atoms with Crippen molar-refractivity contribution in [2.24, 2.45) is 22.6 Å². The van der Waals surface area contributed by atoms with Crippen LogP contribution in [0.15, 0.2) is 66.0 Å². The van der Waals surface area contributed by atoms with Gasteiger partial charge in [0.25, 0.3) is 0 Å². The van der Waals surface area contributed by atoms with Gasteiger partial charge in [0, 0.05) is 52.5 Å². The van der Waals surface area contributed by atoms with Crippen LogP contribution in [0.5, 0.6) is 5.75 Å². The van der Waals surface area contributed by atoms with Crippen molar-refractivity contribution in [3.8, 4) is 5.75 Å². The van der Waals surface area contributed by atoms with Crippen LogP contribution < -0.4 is 32.6 Å². The normalized spacial score (nSPS) is 14.5. The molecule has 2 amide bonds. The number of unbranched alkanes of at least 4 members (excludes halogenated alkanes) is 1. The number of benzene rings is 2. The van der Waals surface area contributed by atoms with Crippen LogP contribution in [-0.4, -0.2) is 49.7 Å². The third-order valence-electron chi connectivity index (χ3n) is 7.45. The number of allylic oxidation sites excluding steroid dienone is 2. The van der Waals surface area contributed by atoms with Gasteiger partial charge in [-0.25, -0.2) is 6.29 Å². The number of amides is 2. The van der Waals surface area contributed by atoms with Crippen LogP contribution in [0.4, 0.5) is 5.69 Å². The number of hydrogen-bond donors (Lipinski definition) is 5. The average molecular weight is 715 g/mol. The number of para-hydroxylation sites is 1. The van der Waals surface area contributed by atoms with Crippen molar-refractivity contribution in [3.63, 3.8) is 0 Å². The van der Waals surface area contributed by atoms with Gasteiger partial charge >= 0.3 is 0 Å². The molecule has 10 nitrogen and oxygen atoms in total. The van der Waals surface area contributed by atoms with Gasteiger partial charge in [0.1, 0.15) is 18.4 Å². The fourth-order valence-corrected chi connectivity index (χ4v) is 4.55. The first-order valence-electron chi connectivity index (χ1n) is 14.2. The molecule has 1 saturated carbocycles. The van der Waals surface area contributed by atoms with E-state index < -0.39 is 17.4 Å². The maximum atomic E-state index is 13.2. The minimum atomic E-state index is -1.13. The molecule has 0 bridgehead atoms. The van der Waals surface area contributed by atoms with Gasteiger partial charge in [-0.05, 0) is 93.7 Å². The largest absolute Gasteiger partial charge is 0.541 e. The molecule has 1 aliphatic carbocycles. The summed E-state index contributed by atoms with van der Waals surface area (Å²) < 4.78 is 6.05. The first-order valence-corrected chi connectivity index (χ1v) is 14.2. The van der Waals surface area contributed by atoms with Gasteiger partial charge in [0.15, 0.2) is 5.91 Å². The fourth-order valence-electron chi connectivity index (χ4n) is 4.55. The molecule has 11 heteroatoms. The average Bonchev–Trinajstić information content (AvgIpc) is 2.93. The monoisotopic (exact) mass is 714 g/mol. The Hall–Kier alpha value is -3.12. The molecule has 229 valence electrons. The van der Waals surface area contributed by atoms with Gasteiger partial charge in [-0.15, -0.1) is 0 Å². The Morgan fingerprint density at radius 1 is 1.07 bits per heavy atom. The van der Waals surface area contributed by atoms with E-state index in [4.69, 9.17) is 21.9 Å². The number of carbonyl (C=O) groups is 2. The van der Waals surface area contributed by atoms with E-state index in [1.54, 1.807) is 25.1 Å². The molecule has 1 fully saturated rings. The van der Waals surface area contributed by atoms with E-state index in [-0.39, 0.29) is 53.9 Å². The Bertz CT molecular complexity index is 1300. The van der Waals surface area contributed by atoms with E-state index in [0.29, 0.717) is 42.0 Å². The molecule has 8 N–H and O–H groups in total. The van der Waals surface area contributed by atoms with Gasteiger partial charge in [-0.3, -0.25) is 9.59 Å². The summed E-state index contributed by atoms with van der Waals surface area (Å²) in [4.78, 5) is 39.7. The molecule has 43 heavy (non-hydrogen) atoms. The van der Waals surface area contributed by atoms with Crippen molar-refractivity contribution in [1.82, 2.24) is 10.2 Å². The Balaban J connectivity index is 0.00000645. The fraction of sp³-hybridized carbons (Fsp3) is 0.406. The van der Waals surface area contributed by atoms with E-state index in [1.807, 2.05) is 56.8 Å². The van der Waals surface area contributed by atoms with Crippen molar-refractivity contribution in [1.29, 1.82) is 0 Å². The van der Waals surface area contributed by atoms with E-state index >= 15 is 0 Å². The number of nitrogens with zero attached hydrogens (tertiary/aromatic N) is 1. The van der Waals surface area contributed by atoms with Crippen molar-refractivity contribution in [3.05, 3.63) is 77.1 Å². The Labute approximate surface area is 282 Å². The molecule has 0 spiro atoms. The zero-order valence-electron chi connectivity index (χ0n) is 25.3. The Morgan fingerprint density at radius 3 is 2.33 bits per heavy atom. The molecule has 0 saturated heterocycles. The van der Waals surface area contributed by atoms with Gasteiger partial charge in [-0.1, -0.05) is 43.5 Å². The van der Waals surface area contributed by atoms with Crippen LogP contribution in [0.25, 0.3) is 5.70 Å². The van der Waals surface area contributed by atoms with E-state index in [1.165, 1.54) is 0 Å². The molecule has 2 aromatic carbocycles. The number of nitrogens with two attached hydrogens (primary N) is 3. The first kappa shape index (κ1) is 36.1. The second kappa shape index (κ2) is 17.2. The van der Waals surface area contributed by atoms with Crippen molar-refractivity contribution in [2.75, 3.05) is 26.0 Å². The molecule has 2 aromatic rings.